The van der Waals surface area contributed by atoms with E-state index in [2.05, 4.69) is 11.8 Å². The summed E-state index contributed by atoms with van der Waals surface area (Å²) in [6, 6.07) is 3.15. The van der Waals surface area contributed by atoms with Gasteiger partial charge in [0, 0.05) is 38.1 Å². The molecule has 1 rings (SSSR count). The van der Waals surface area contributed by atoms with Crippen molar-refractivity contribution in [3.05, 3.63) is 28.7 Å². The van der Waals surface area contributed by atoms with E-state index in [1.54, 1.807) is 23.9 Å². The first-order valence-corrected chi connectivity index (χ1v) is 6.34. The van der Waals surface area contributed by atoms with Crippen molar-refractivity contribution in [2.75, 3.05) is 39.1 Å². The van der Waals surface area contributed by atoms with Crippen molar-refractivity contribution >= 4 is 5.69 Å². The summed E-state index contributed by atoms with van der Waals surface area (Å²) in [7, 11) is 1.71. The van der Waals surface area contributed by atoms with E-state index in [1.165, 1.54) is 6.07 Å². The molecule has 0 spiro atoms. The van der Waals surface area contributed by atoms with Crippen molar-refractivity contribution in [2.24, 2.45) is 0 Å². The minimum absolute atomic E-state index is 0.00383. The number of nitrogen functional groups attached to an aromatic ring is 1. The van der Waals surface area contributed by atoms with Crippen LogP contribution in [0.15, 0.2) is 23.1 Å². The average molecular weight is 253 g/mol. The topological polar surface area (TPSA) is 60.5 Å². The fraction of sp³-hybridized carbons (Fsp3) is 0.615. The van der Waals surface area contributed by atoms with Gasteiger partial charge in [-0.15, -0.1) is 0 Å². The summed E-state index contributed by atoms with van der Waals surface area (Å²) in [4.78, 5) is 13.9. The van der Waals surface area contributed by atoms with Gasteiger partial charge in [0.15, 0.2) is 0 Å². The number of aryl methyl sites for hydroxylation is 1. The first-order valence-electron chi connectivity index (χ1n) is 6.34. The number of rotatable bonds is 8. The molecule has 0 aliphatic carbocycles. The number of nitrogens with two attached hydrogens (primary N) is 1. The van der Waals surface area contributed by atoms with Gasteiger partial charge in [-0.05, 0) is 25.6 Å². The number of likely N-dealkylation sites (N-methyl/N-ethyl adjacent to an activating group) is 1. The molecule has 0 bridgehead atoms. The molecule has 0 radical (unpaired) electrons. The van der Waals surface area contributed by atoms with E-state index in [9.17, 15) is 4.79 Å². The average Bonchev–Trinajstić information content (AvgIpc) is 2.37. The molecule has 0 aliphatic heterocycles. The fourth-order valence-electron chi connectivity index (χ4n) is 1.84. The Morgan fingerprint density at radius 2 is 2.17 bits per heavy atom. The van der Waals surface area contributed by atoms with Crippen molar-refractivity contribution in [3.63, 3.8) is 0 Å². The lowest BCUT2D eigenvalue weighted by Crippen LogP contribution is -2.29. The molecule has 1 aromatic rings. The van der Waals surface area contributed by atoms with Crippen LogP contribution in [0.4, 0.5) is 5.69 Å². The molecule has 0 saturated heterocycles. The van der Waals surface area contributed by atoms with Gasteiger partial charge >= 0.3 is 0 Å². The van der Waals surface area contributed by atoms with Crippen molar-refractivity contribution in [3.8, 4) is 0 Å². The van der Waals surface area contributed by atoms with Gasteiger partial charge < -0.3 is 19.9 Å². The van der Waals surface area contributed by atoms with Crippen LogP contribution in [-0.4, -0.2) is 42.8 Å². The Morgan fingerprint density at radius 1 is 1.39 bits per heavy atom. The molecule has 0 aromatic carbocycles. The van der Waals surface area contributed by atoms with Crippen molar-refractivity contribution in [2.45, 2.75) is 19.9 Å². The van der Waals surface area contributed by atoms with E-state index >= 15 is 0 Å². The van der Waals surface area contributed by atoms with Crippen molar-refractivity contribution in [1.29, 1.82) is 0 Å². The van der Waals surface area contributed by atoms with Gasteiger partial charge in [-0.25, -0.2) is 0 Å². The highest BCUT2D eigenvalue weighted by atomic mass is 16.5. The third-order valence-corrected chi connectivity index (χ3v) is 2.94. The summed E-state index contributed by atoms with van der Waals surface area (Å²) in [5, 5.41) is 0. The SMILES string of the molecule is CCN(CCCn1cc(N)ccc1=O)CCOC. The number of ether oxygens (including phenoxy) is 1. The van der Waals surface area contributed by atoms with E-state index in [0.29, 0.717) is 12.2 Å². The maximum atomic E-state index is 11.6. The Kier molecular flexibility index (Phi) is 6.46. The molecular weight excluding hydrogens is 230 g/mol. The summed E-state index contributed by atoms with van der Waals surface area (Å²) in [6.45, 7) is 6.46. The Labute approximate surface area is 108 Å². The summed E-state index contributed by atoms with van der Waals surface area (Å²) in [6.07, 6.45) is 2.63. The molecule has 18 heavy (non-hydrogen) atoms. The molecule has 5 heteroatoms. The molecule has 102 valence electrons. The second kappa shape index (κ2) is 7.89. The van der Waals surface area contributed by atoms with E-state index in [4.69, 9.17) is 10.5 Å². The van der Waals surface area contributed by atoms with Crippen LogP contribution in [0.3, 0.4) is 0 Å². The second-order valence-corrected chi connectivity index (χ2v) is 4.27. The number of aromatic nitrogens is 1. The van der Waals surface area contributed by atoms with Gasteiger partial charge in [-0.1, -0.05) is 6.92 Å². The first kappa shape index (κ1) is 14.7. The van der Waals surface area contributed by atoms with Crippen LogP contribution in [0.5, 0.6) is 0 Å². The number of pyridine rings is 1. The van der Waals surface area contributed by atoms with Gasteiger partial charge in [0.1, 0.15) is 0 Å². The van der Waals surface area contributed by atoms with Crippen molar-refractivity contribution < 1.29 is 4.74 Å². The number of hydrogen-bond acceptors (Lipinski definition) is 4. The molecule has 0 unspecified atom stereocenters. The molecule has 5 nitrogen and oxygen atoms in total. The zero-order valence-electron chi connectivity index (χ0n) is 11.3. The fourth-order valence-corrected chi connectivity index (χ4v) is 1.84. The number of hydrogen-bond donors (Lipinski definition) is 1. The Morgan fingerprint density at radius 3 is 2.83 bits per heavy atom. The van der Waals surface area contributed by atoms with Crippen molar-refractivity contribution in [1.82, 2.24) is 9.47 Å². The summed E-state index contributed by atoms with van der Waals surface area (Å²) >= 11 is 0. The molecular formula is C13H23N3O2. The van der Waals surface area contributed by atoms with Gasteiger partial charge in [-0.2, -0.15) is 0 Å². The Hall–Kier alpha value is -1.33. The minimum Gasteiger partial charge on any atom is -0.398 e. The largest absolute Gasteiger partial charge is 0.398 e. The minimum atomic E-state index is 0.00383. The standard InChI is InChI=1S/C13H23N3O2/c1-3-15(9-10-18-2)7-4-8-16-11-12(14)5-6-13(16)17/h5-6,11H,3-4,7-10,14H2,1-2H3. The number of anilines is 1. The lowest BCUT2D eigenvalue weighted by atomic mass is 10.3. The summed E-state index contributed by atoms with van der Waals surface area (Å²) in [5.74, 6) is 0. The maximum absolute atomic E-state index is 11.6. The summed E-state index contributed by atoms with van der Waals surface area (Å²) in [5.41, 5.74) is 6.29. The van der Waals surface area contributed by atoms with Crippen LogP contribution in [0.25, 0.3) is 0 Å². The van der Waals surface area contributed by atoms with E-state index in [0.717, 1.165) is 32.7 Å². The molecule has 2 N–H and O–H groups in total. The number of nitrogens with zero attached hydrogens (tertiary/aromatic N) is 2. The van der Waals surface area contributed by atoms with Crippen LogP contribution in [0.2, 0.25) is 0 Å². The quantitative estimate of drug-likeness (QED) is 0.744. The highest BCUT2D eigenvalue weighted by Crippen LogP contribution is 1.98. The summed E-state index contributed by atoms with van der Waals surface area (Å²) < 4.78 is 6.73. The van der Waals surface area contributed by atoms with Gasteiger partial charge in [0.2, 0.25) is 0 Å². The third-order valence-electron chi connectivity index (χ3n) is 2.94. The second-order valence-electron chi connectivity index (χ2n) is 4.27. The van der Waals surface area contributed by atoms with E-state index in [-0.39, 0.29) is 5.56 Å². The molecule has 0 saturated carbocycles. The van der Waals surface area contributed by atoms with Crippen LogP contribution in [0, 0.1) is 0 Å². The third kappa shape index (κ3) is 4.89. The van der Waals surface area contributed by atoms with E-state index < -0.39 is 0 Å². The van der Waals surface area contributed by atoms with Crippen LogP contribution >= 0.6 is 0 Å². The maximum Gasteiger partial charge on any atom is 0.250 e. The lowest BCUT2D eigenvalue weighted by Gasteiger charge is -2.19. The normalized spacial score (nSPS) is 11.1. The number of methoxy groups -OCH3 is 1. The van der Waals surface area contributed by atoms with Gasteiger partial charge in [0.25, 0.3) is 5.56 Å². The van der Waals surface area contributed by atoms with E-state index in [1.807, 2.05) is 0 Å². The molecule has 0 amide bonds. The Bertz CT molecular complexity index is 403. The molecule has 0 atom stereocenters. The molecule has 0 fully saturated rings. The highest BCUT2D eigenvalue weighted by molar-refractivity contribution is 5.33. The van der Waals surface area contributed by atoms with Crippen LogP contribution in [-0.2, 0) is 11.3 Å². The zero-order chi connectivity index (χ0) is 13.4. The van der Waals surface area contributed by atoms with Gasteiger partial charge in [0.05, 0.1) is 6.61 Å². The predicted molar refractivity (Wildman–Crippen MR) is 73.7 cm³/mol. The molecule has 0 aliphatic rings. The molecule has 1 aromatic heterocycles. The van der Waals surface area contributed by atoms with Gasteiger partial charge in [-0.3, -0.25) is 4.79 Å². The first-order chi connectivity index (χ1) is 8.67. The van der Waals surface area contributed by atoms with Crippen LogP contribution < -0.4 is 11.3 Å². The Balaban J connectivity index is 2.40. The predicted octanol–water partition coefficient (Wildman–Crippen LogP) is 0.789. The smallest absolute Gasteiger partial charge is 0.250 e. The molecule has 1 heterocycles. The van der Waals surface area contributed by atoms with Crippen LogP contribution in [0.1, 0.15) is 13.3 Å². The zero-order valence-corrected chi connectivity index (χ0v) is 11.3. The monoisotopic (exact) mass is 253 g/mol. The highest BCUT2D eigenvalue weighted by Gasteiger charge is 2.02. The lowest BCUT2D eigenvalue weighted by molar-refractivity contribution is 0.149.